The molecule has 0 fully saturated rings. The Kier molecular flexibility index (Phi) is 5.67. The van der Waals surface area contributed by atoms with Gasteiger partial charge in [-0.2, -0.15) is 0 Å². The molecule has 0 saturated carbocycles. The van der Waals surface area contributed by atoms with Gasteiger partial charge in [0.25, 0.3) is 0 Å². The van der Waals surface area contributed by atoms with Gasteiger partial charge in [-0.1, -0.05) is 6.92 Å². The largest absolute Gasteiger partial charge is 0.378 e. The Labute approximate surface area is 136 Å². The summed E-state index contributed by atoms with van der Waals surface area (Å²) in [5.41, 5.74) is 1.71. The van der Waals surface area contributed by atoms with Crippen molar-refractivity contribution < 1.29 is 4.74 Å². The van der Waals surface area contributed by atoms with Gasteiger partial charge in [-0.05, 0) is 35.9 Å². The third-order valence-electron chi connectivity index (χ3n) is 2.59. The van der Waals surface area contributed by atoms with Crippen molar-refractivity contribution in [1.82, 2.24) is 15.0 Å². The van der Waals surface area contributed by atoms with Crippen LogP contribution in [0.3, 0.4) is 0 Å². The summed E-state index contributed by atoms with van der Waals surface area (Å²) >= 11 is 3.86. The molecule has 2 rings (SSSR count). The molecule has 0 radical (unpaired) electrons. The van der Waals surface area contributed by atoms with Crippen molar-refractivity contribution in [2.45, 2.75) is 26.9 Å². The van der Waals surface area contributed by atoms with Crippen LogP contribution >= 0.6 is 33.9 Å². The number of nitrogens with one attached hydrogen (secondary N) is 1. The molecule has 0 aliphatic carbocycles. The topological polar surface area (TPSA) is 59.9 Å². The molecule has 108 valence electrons. The van der Waals surface area contributed by atoms with Crippen LogP contribution in [0.5, 0.6) is 0 Å². The van der Waals surface area contributed by atoms with E-state index in [0.717, 1.165) is 38.7 Å². The summed E-state index contributed by atoms with van der Waals surface area (Å²) < 4.78 is 6.23. The van der Waals surface area contributed by atoms with Crippen LogP contribution in [0.25, 0.3) is 11.5 Å². The maximum atomic E-state index is 5.22. The zero-order chi connectivity index (χ0) is 14.5. The van der Waals surface area contributed by atoms with E-state index in [9.17, 15) is 0 Å². The minimum Gasteiger partial charge on any atom is -0.378 e. The molecular formula is C13H17IN4OS. The van der Waals surface area contributed by atoms with Crippen LogP contribution in [0.4, 0.5) is 5.82 Å². The molecule has 7 heteroatoms. The highest BCUT2D eigenvalue weighted by Crippen LogP contribution is 2.25. The number of hydrogen-bond acceptors (Lipinski definition) is 6. The van der Waals surface area contributed by atoms with E-state index >= 15 is 0 Å². The monoisotopic (exact) mass is 404 g/mol. The smallest absolute Gasteiger partial charge is 0.181 e. The van der Waals surface area contributed by atoms with E-state index in [0.29, 0.717) is 12.4 Å². The second kappa shape index (κ2) is 7.28. The zero-order valence-electron chi connectivity index (χ0n) is 11.7. The lowest BCUT2D eigenvalue weighted by atomic mass is 10.3. The van der Waals surface area contributed by atoms with E-state index in [-0.39, 0.29) is 0 Å². The van der Waals surface area contributed by atoms with Crippen LogP contribution in [0.2, 0.25) is 0 Å². The van der Waals surface area contributed by atoms with Gasteiger partial charge in [-0.3, -0.25) is 0 Å². The lowest BCUT2D eigenvalue weighted by molar-refractivity contribution is 0.181. The van der Waals surface area contributed by atoms with Crippen molar-refractivity contribution in [3.63, 3.8) is 0 Å². The highest BCUT2D eigenvalue weighted by atomic mass is 127. The normalized spacial score (nSPS) is 10.8. The quantitative estimate of drug-likeness (QED) is 0.748. The first-order chi connectivity index (χ1) is 9.65. The molecule has 1 N–H and O–H groups in total. The molecule has 0 aliphatic heterocycles. The number of ether oxygens (including phenoxy) is 1. The summed E-state index contributed by atoms with van der Waals surface area (Å²) in [5, 5.41) is 6.34. The van der Waals surface area contributed by atoms with Crippen molar-refractivity contribution in [3.05, 3.63) is 19.7 Å². The van der Waals surface area contributed by atoms with Crippen molar-refractivity contribution in [1.29, 1.82) is 0 Å². The molecule has 0 atom stereocenters. The molecule has 0 aromatic carbocycles. The van der Waals surface area contributed by atoms with Crippen molar-refractivity contribution >= 4 is 39.7 Å². The fourth-order valence-electron chi connectivity index (χ4n) is 1.67. The van der Waals surface area contributed by atoms with Crippen LogP contribution in [0, 0.1) is 10.5 Å². The zero-order valence-corrected chi connectivity index (χ0v) is 14.7. The Balaban J connectivity index is 2.43. The fourth-order valence-corrected chi connectivity index (χ4v) is 2.85. The summed E-state index contributed by atoms with van der Waals surface area (Å²) in [7, 11) is 1.67. The number of aromatic nitrogens is 3. The van der Waals surface area contributed by atoms with Gasteiger partial charge in [-0.15, -0.1) is 11.3 Å². The average Bonchev–Trinajstić information content (AvgIpc) is 2.86. The highest BCUT2D eigenvalue weighted by molar-refractivity contribution is 14.1. The number of rotatable bonds is 6. The third kappa shape index (κ3) is 3.64. The summed E-state index contributed by atoms with van der Waals surface area (Å²) in [4.78, 5) is 13.6. The van der Waals surface area contributed by atoms with Gasteiger partial charge >= 0.3 is 0 Å². The molecule has 2 heterocycles. The molecule has 0 bridgehead atoms. The first-order valence-electron chi connectivity index (χ1n) is 6.37. The van der Waals surface area contributed by atoms with Gasteiger partial charge in [0.15, 0.2) is 5.82 Å². The number of halogens is 1. The lowest BCUT2D eigenvalue weighted by Gasteiger charge is -2.11. The maximum absolute atomic E-state index is 5.22. The average molecular weight is 404 g/mol. The van der Waals surface area contributed by atoms with Crippen molar-refractivity contribution in [2.24, 2.45) is 0 Å². The Morgan fingerprint density at radius 1 is 1.35 bits per heavy atom. The van der Waals surface area contributed by atoms with Gasteiger partial charge in [0.2, 0.25) is 0 Å². The van der Waals surface area contributed by atoms with Gasteiger partial charge in [-0.25, -0.2) is 15.0 Å². The highest BCUT2D eigenvalue weighted by Gasteiger charge is 2.14. The van der Waals surface area contributed by atoms with E-state index in [2.05, 4.69) is 49.8 Å². The van der Waals surface area contributed by atoms with Crippen LogP contribution in [-0.4, -0.2) is 28.6 Å². The molecular weight excluding hydrogens is 387 g/mol. The number of methoxy groups -OCH3 is 1. The number of hydrogen-bond donors (Lipinski definition) is 1. The van der Waals surface area contributed by atoms with Crippen molar-refractivity contribution in [3.8, 4) is 11.5 Å². The van der Waals surface area contributed by atoms with E-state index < -0.39 is 0 Å². The first-order valence-corrected chi connectivity index (χ1v) is 8.33. The number of thiazole rings is 1. The number of aryl methyl sites for hydroxylation is 1. The van der Waals surface area contributed by atoms with Crippen LogP contribution in [-0.2, 0) is 11.3 Å². The van der Waals surface area contributed by atoms with Crippen LogP contribution in [0.1, 0.15) is 24.0 Å². The Morgan fingerprint density at radius 3 is 2.75 bits per heavy atom. The summed E-state index contributed by atoms with van der Waals surface area (Å²) in [6.07, 6.45) is 1.05. The standard InChI is InChI=1S/C13H17IN4OS/c1-4-5-15-13-11(14)9(6-19-3)17-12(18-13)10-7-20-8(2)16-10/h7H,4-6H2,1-3H3,(H,15,17,18). The molecule has 0 spiro atoms. The predicted octanol–water partition coefficient (Wildman–Crippen LogP) is 3.48. The molecule has 0 saturated heterocycles. The van der Waals surface area contributed by atoms with E-state index in [1.165, 1.54) is 0 Å². The molecule has 2 aromatic heterocycles. The minimum atomic E-state index is 0.470. The second-order valence-corrected chi connectivity index (χ2v) is 6.41. The van der Waals surface area contributed by atoms with Gasteiger partial charge in [0.1, 0.15) is 11.5 Å². The summed E-state index contributed by atoms with van der Waals surface area (Å²) in [6, 6.07) is 0. The van der Waals surface area contributed by atoms with E-state index in [1.807, 2.05) is 12.3 Å². The van der Waals surface area contributed by atoms with Crippen LogP contribution in [0.15, 0.2) is 5.38 Å². The van der Waals surface area contributed by atoms with E-state index in [4.69, 9.17) is 4.74 Å². The minimum absolute atomic E-state index is 0.470. The van der Waals surface area contributed by atoms with E-state index in [1.54, 1.807) is 18.4 Å². The number of anilines is 1. The van der Waals surface area contributed by atoms with Gasteiger partial charge in [0, 0.05) is 19.0 Å². The first kappa shape index (κ1) is 15.6. The molecule has 0 amide bonds. The molecule has 0 unspecified atom stereocenters. The third-order valence-corrected chi connectivity index (χ3v) is 4.50. The van der Waals surface area contributed by atoms with Gasteiger partial charge in [0.05, 0.1) is 20.9 Å². The molecule has 5 nitrogen and oxygen atoms in total. The Hall–Kier alpha value is -0.800. The maximum Gasteiger partial charge on any atom is 0.181 e. The van der Waals surface area contributed by atoms with Crippen LogP contribution < -0.4 is 5.32 Å². The SMILES string of the molecule is CCCNc1nc(-c2csc(C)n2)nc(COC)c1I. The predicted molar refractivity (Wildman–Crippen MR) is 90.1 cm³/mol. The molecule has 2 aromatic rings. The van der Waals surface area contributed by atoms with Crippen molar-refractivity contribution in [2.75, 3.05) is 19.0 Å². The molecule has 0 aliphatic rings. The lowest BCUT2D eigenvalue weighted by Crippen LogP contribution is -2.09. The Bertz CT molecular complexity index is 588. The Morgan fingerprint density at radius 2 is 2.15 bits per heavy atom. The second-order valence-electron chi connectivity index (χ2n) is 4.27. The fraction of sp³-hybridized carbons (Fsp3) is 0.462. The summed E-state index contributed by atoms with van der Waals surface area (Å²) in [6.45, 7) is 5.46. The van der Waals surface area contributed by atoms with Gasteiger partial charge < -0.3 is 10.1 Å². The molecule has 20 heavy (non-hydrogen) atoms. The summed E-state index contributed by atoms with van der Waals surface area (Å²) in [5.74, 6) is 1.51. The number of nitrogens with zero attached hydrogens (tertiary/aromatic N) is 3.